The van der Waals surface area contributed by atoms with Gasteiger partial charge in [-0.1, -0.05) is 0 Å². The van der Waals surface area contributed by atoms with Crippen LogP contribution in [0.1, 0.15) is 25.7 Å². The number of amides is 2. The molecule has 90 valence electrons. The third-order valence-corrected chi connectivity index (χ3v) is 2.35. The average molecular weight is 230 g/mol. The largest absolute Gasteiger partial charge is 0.428 e. The number of hydrogen-bond acceptors (Lipinski definition) is 6. The van der Waals surface area contributed by atoms with Gasteiger partial charge >= 0.3 is 12.2 Å². The number of ether oxygens (including phenoxy) is 2. The molecule has 2 rings (SSSR count). The zero-order valence-corrected chi connectivity index (χ0v) is 8.62. The number of hydrazine groups is 2. The molecule has 0 bridgehead atoms. The van der Waals surface area contributed by atoms with E-state index in [2.05, 4.69) is 21.7 Å². The molecule has 0 aliphatic carbocycles. The Morgan fingerprint density at radius 1 is 0.875 bits per heavy atom. The second-order valence-electron chi connectivity index (χ2n) is 3.61. The van der Waals surface area contributed by atoms with E-state index in [1.54, 1.807) is 0 Å². The SMILES string of the molecule is O=C1NNC(CCCCC2NNC(=O)O2)O1. The minimum absolute atomic E-state index is 0.260. The van der Waals surface area contributed by atoms with Crippen LogP contribution in [0.25, 0.3) is 0 Å². The summed E-state index contributed by atoms with van der Waals surface area (Å²) in [6.45, 7) is 0. The Hall–Kier alpha value is -1.54. The molecule has 2 aliphatic heterocycles. The maximum atomic E-state index is 10.7. The van der Waals surface area contributed by atoms with E-state index in [0.717, 1.165) is 25.7 Å². The van der Waals surface area contributed by atoms with Crippen molar-refractivity contribution in [3.8, 4) is 0 Å². The fraction of sp³-hybridized carbons (Fsp3) is 0.750. The summed E-state index contributed by atoms with van der Waals surface area (Å²) in [4.78, 5) is 21.3. The maximum absolute atomic E-state index is 10.7. The van der Waals surface area contributed by atoms with Gasteiger partial charge in [0.1, 0.15) is 0 Å². The molecular formula is C8H14N4O4. The van der Waals surface area contributed by atoms with Gasteiger partial charge in [0.05, 0.1) is 0 Å². The lowest BCUT2D eigenvalue weighted by molar-refractivity contribution is 0.112. The summed E-state index contributed by atoms with van der Waals surface area (Å²) in [6.07, 6.45) is 1.81. The van der Waals surface area contributed by atoms with Crippen molar-refractivity contribution in [1.29, 1.82) is 0 Å². The molecule has 0 aromatic rings. The summed E-state index contributed by atoms with van der Waals surface area (Å²) in [5.74, 6) is 0. The van der Waals surface area contributed by atoms with Gasteiger partial charge in [0.2, 0.25) is 0 Å². The molecule has 2 fully saturated rings. The predicted molar refractivity (Wildman–Crippen MR) is 51.5 cm³/mol. The maximum Gasteiger partial charge on any atom is 0.423 e. The van der Waals surface area contributed by atoms with Crippen molar-refractivity contribution >= 4 is 12.2 Å². The van der Waals surface area contributed by atoms with E-state index >= 15 is 0 Å². The lowest BCUT2D eigenvalue weighted by Crippen LogP contribution is -2.32. The lowest BCUT2D eigenvalue weighted by atomic mass is 10.1. The number of cyclic esters (lactones) is 2. The quantitative estimate of drug-likeness (QED) is 0.483. The van der Waals surface area contributed by atoms with Gasteiger partial charge in [-0.25, -0.2) is 9.59 Å². The van der Waals surface area contributed by atoms with Crippen LogP contribution in [0.2, 0.25) is 0 Å². The summed E-state index contributed by atoms with van der Waals surface area (Å²) in [6, 6.07) is 0. The topological polar surface area (TPSA) is 101 Å². The monoisotopic (exact) mass is 230 g/mol. The van der Waals surface area contributed by atoms with Crippen LogP contribution in [0.5, 0.6) is 0 Å². The van der Waals surface area contributed by atoms with Gasteiger partial charge in [0, 0.05) is 0 Å². The van der Waals surface area contributed by atoms with Gasteiger partial charge < -0.3 is 9.47 Å². The fourth-order valence-electron chi connectivity index (χ4n) is 1.58. The number of carbonyl (C=O) groups is 2. The summed E-state index contributed by atoms with van der Waals surface area (Å²) >= 11 is 0. The second kappa shape index (κ2) is 4.99. The van der Waals surface area contributed by atoms with Crippen LogP contribution in [0, 0.1) is 0 Å². The molecule has 2 atom stereocenters. The lowest BCUT2D eigenvalue weighted by Gasteiger charge is -2.09. The van der Waals surface area contributed by atoms with Crippen molar-refractivity contribution in [2.24, 2.45) is 0 Å². The van der Waals surface area contributed by atoms with Crippen LogP contribution in [-0.2, 0) is 9.47 Å². The highest BCUT2D eigenvalue weighted by molar-refractivity contribution is 5.68. The molecule has 2 unspecified atom stereocenters. The molecule has 0 saturated carbocycles. The summed E-state index contributed by atoms with van der Waals surface area (Å²) < 4.78 is 9.75. The molecule has 0 aromatic heterocycles. The van der Waals surface area contributed by atoms with Crippen LogP contribution in [0.3, 0.4) is 0 Å². The molecule has 0 aromatic carbocycles. The van der Waals surface area contributed by atoms with Gasteiger partial charge in [-0.15, -0.1) is 0 Å². The van der Waals surface area contributed by atoms with Gasteiger partial charge in [0.25, 0.3) is 0 Å². The Bertz CT molecular complexity index is 257. The fourth-order valence-corrected chi connectivity index (χ4v) is 1.58. The summed E-state index contributed by atoms with van der Waals surface area (Å²) in [7, 11) is 0. The second-order valence-corrected chi connectivity index (χ2v) is 3.61. The van der Waals surface area contributed by atoms with E-state index in [4.69, 9.17) is 9.47 Å². The van der Waals surface area contributed by atoms with Crippen molar-refractivity contribution in [2.75, 3.05) is 0 Å². The van der Waals surface area contributed by atoms with Gasteiger partial charge in [-0.3, -0.25) is 10.9 Å². The van der Waals surface area contributed by atoms with Crippen molar-refractivity contribution in [3.63, 3.8) is 0 Å². The molecule has 2 amide bonds. The average Bonchev–Trinajstić information content (AvgIpc) is 2.83. The van der Waals surface area contributed by atoms with Crippen molar-refractivity contribution in [2.45, 2.75) is 38.1 Å². The first kappa shape index (κ1) is 11.0. The van der Waals surface area contributed by atoms with Crippen LogP contribution in [0.4, 0.5) is 9.59 Å². The van der Waals surface area contributed by atoms with Gasteiger partial charge in [-0.2, -0.15) is 10.9 Å². The van der Waals surface area contributed by atoms with Crippen LogP contribution in [0.15, 0.2) is 0 Å². The van der Waals surface area contributed by atoms with E-state index in [1.165, 1.54) is 0 Å². The zero-order valence-electron chi connectivity index (χ0n) is 8.62. The van der Waals surface area contributed by atoms with Gasteiger partial charge in [0.15, 0.2) is 12.5 Å². The highest BCUT2D eigenvalue weighted by Crippen LogP contribution is 2.10. The van der Waals surface area contributed by atoms with Crippen LogP contribution < -0.4 is 21.7 Å². The minimum Gasteiger partial charge on any atom is -0.428 e. The molecule has 2 aliphatic rings. The van der Waals surface area contributed by atoms with Crippen molar-refractivity contribution < 1.29 is 19.1 Å². The van der Waals surface area contributed by atoms with E-state index < -0.39 is 12.2 Å². The van der Waals surface area contributed by atoms with Crippen molar-refractivity contribution in [1.82, 2.24) is 21.7 Å². The van der Waals surface area contributed by atoms with E-state index in [1.807, 2.05) is 0 Å². The number of nitrogens with one attached hydrogen (secondary N) is 4. The number of unbranched alkanes of at least 4 members (excludes halogenated alkanes) is 1. The zero-order chi connectivity index (χ0) is 11.4. The van der Waals surface area contributed by atoms with Crippen LogP contribution in [-0.4, -0.2) is 24.6 Å². The Balaban J connectivity index is 1.52. The summed E-state index contributed by atoms with van der Waals surface area (Å²) in [5, 5.41) is 0. The Labute approximate surface area is 92.0 Å². The molecule has 8 heteroatoms. The van der Waals surface area contributed by atoms with Crippen LogP contribution >= 0.6 is 0 Å². The molecule has 2 saturated heterocycles. The third-order valence-electron chi connectivity index (χ3n) is 2.35. The molecule has 2 heterocycles. The van der Waals surface area contributed by atoms with E-state index in [0.29, 0.717) is 0 Å². The normalized spacial score (nSPS) is 28.2. The molecule has 16 heavy (non-hydrogen) atoms. The molecule has 0 spiro atoms. The minimum atomic E-state index is -0.444. The third kappa shape index (κ3) is 2.97. The van der Waals surface area contributed by atoms with E-state index in [-0.39, 0.29) is 12.5 Å². The highest BCUT2D eigenvalue weighted by Gasteiger charge is 2.23. The molecule has 0 radical (unpaired) electrons. The highest BCUT2D eigenvalue weighted by atomic mass is 16.6. The van der Waals surface area contributed by atoms with Crippen molar-refractivity contribution in [3.05, 3.63) is 0 Å². The smallest absolute Gasteiger partial charge is 0.423 e. The number of carbonyl (C=O) groups excluding carboxylic acids is 2. The first-order chi connectivity index (χ1) is 7.74. The number of hydrogen-bond donors (Lipinski definition) is 4. The molecule has 4 N–H and O–H groups in total. The molecule has 8 nitrogen and oxygen atoms in total. The first-order valence-electron chi connectivity index (χ1n) is 5.18. The Morgan fingerprint density at radius 3 is 1.62 bits per heavy atom. The molecular weight excluding hydrogens is 216 g/mol. The van der Waals surface area contributed by atoms with Gasteiger partial charge in [-0.05, 0) is 25.7 Å². The standard InChI is InChI=1S/C8H14N4O4/c13-7-11-9-5(15-7)3-1-2-4-6-10-12-8(14)16-6/h5-6,9-10H,1-4H2,(H,11,13)(H,12,14). The first-order valence-corrected chi connectivity index (χ1v) is 5.18. The predicted octanol–water partition coefficient (Wildman–Crippen LogP) is -0.312. The van der Waals surface area contributed by atoms with E-state index in [9.17, 15) is 9.59 Å². The Morgan fingerprint density at radius 2 is 1.31 bits per heavy atom. The number of rotatable bonds is 5. The summed E-state index contributed by atoms with van der Waals surface area (Å²) in [5.41, 5.74) is 10.1. The Kier molecular flexibility index (Phi) is 3.42.